The Morgan fingerprint density at radius 1 is 0.938 bits per heavy atom. The first-order valence-electron chi connectivity index (χ1n) is 3.43. The summed E-state index contributed by atoms with van der Waals surface area (Å²) in [5.74, 6) is 0. The van der Waals surface area contributed by atoms with E-state index in [9.17, 15) is 8.42 Å². The Labute approximate surface area is 97.0 Å². The van der Waals surface area contributed by atoms with Gasteiger partial charge in [0, 0.05) is 0 Å². The molecule has 1 aromatic rings. The number of rotatable bonds is 1. The molecule has 16 heavy (non-hydrogen) atoms. The minimum atomic E-state index is -4.67. The van der Waals surface area contributed by atoms with E-state index in [1.807, 2.05) is 0 Å². The Morgan fingerprint density at radius 3 is 1.56 bits per heavy atom. The second-order valence-corrected chi connectivity index (χ2v) is 5.05. The van der Waals surface area contributed by atoms with Gasteiger partial charge in [-0.3, -0.25) is 13.7 Å². The van der Waals surface area contributed by atoms with Crippen molar-refractivity contribution < 1.29 is 30.5 Å². The van der Waals surface area contributed by atoms with Crippen LogP contribution in [0, 0.1) is 0 Å². The first-order chi connectivity index (χ1) is 7.02. The summed E-state index contributed by atoms with van der Waals surface area (Å²) in [5.41, 5.74) is 0. The summed E-state index contributed by atoms with van der Waals surface area (Å²) in [6.07, 6.45) is 0. The van der Waals surface area contributed by atoms with Crippen LogP contribution in [0.1, 0.15) is 0 Å². The zero-order chi connectivity index (χ0) is 13.0. The maximum atomic E-state index is 10.5. The van der Waals surface area contributed by atoms with E-state index in [2.05, 4.69) is 0 Å². The van der Waals surface area contributed by atoms with Crippen LogP contribution in [-0.4, -0.2) is 30.5 Å². The molecular weight excluding hydrogens is 284 g/mol. The molecule has 1 rings (SSSR count). The van der Waals surface area contributed by atoms with Crippen LogP contribution in [0.25, 0.3) is 0 Å². The lowest BCUT2D eigenvalue weighted by molar-refractivity contribution is 0.381. The highest BCUT2D eigenvalue weighted by molar-refractivity contribution is 7.86. The monoisotopic (exact) mass is 290 g/mol. The topological polar surface area (TPSA) is 129 Å². The molecule has 0 aliphatic rings. The maximum Gasteiger partial charge on any atom is 0.394 e. The van der Waals surface area contributed by atoms with Crippen LogP contribution in [0.3, 0.4) is 0 Å². The Kier molecular flexibility index (Phi) is 5.32. The first-order valence-corrected chi connectivity index (χ1v) is 6.65. The number of benzene rings is 1. The second kappa shape index (κ2) is 5.57. The first kappa shape index (κ1) is 15.3. The van der Waals surface area contributed by atoms with Crippen molar-refractivity contribution in [2.24, 2.45) is 0 Å². The minimum Gasteiger partial charge on any atom is -0.282 e. The van der Waals surface area contributed by atoms with Gasteiger partial charge in [-0.2, -0.15) is 16.8 Å². The van der Waals surface area contributed by atoms with Crippen molar-refractivity contribution in [2.75, 3.05) is 0 Å². The molecule has 0 radical (unpaired) electrons. The molecule has 0 heterocycles. The highest BCUT2D eigenvalue weighted by atomic mass is 35.5. The van der Waals surface area contributed by atoms with E-state index in [0.717, 1.165) is 0 Å². The number of hydrogen-bond acceptors (Lipinski definition) is 4. The van der Waals surface area contributed by atoms with E-state index in [1.165, 1.54) is 18.2 Å². The summed E-state index contributed by atoms with van der Waals surface area (Å²) >= 11 is 5.47. The molecule has 0 spiro atoms. The van der Waals surface area contributed by atoms with Crippen LogP contribution in [0.5, 0.6) is 0 Å². The second-order valence-electron chi connectivity index (χ2n) is 2.35. The third-order valence-corrected chi connectivity index (χ3v) is 2.47. The molecule has 0 atom stereocenters. The van der Waals surface area contributed by atoms with Crippen molar-refractivity contribution >= 4 is 32.1 Å². The van der Waals surface area contributed by atoms with Gasteiger partial charge in [0.15, 0.2) is 0 Å². The minimum absolute atomic E-state index is 0.0231. The zero-order valence-corrected chi connectivity index (χ0v) is 9.87. The molecule has 0 bridgehead atoms. The molecule has 3 N–H and O–H groups in total. The van der Waals surface area contributed by atoms with E-state index >= 15 is 0 Å². The van der Waals surface area contributed by atoms with E-state index in [0.29, 0.717) is 0 Å². The van der Waals surface area contributed by atoms with E-state index < -0.39 is 20.5 Å². The predicted molar refractivity (Wildman–Crippen MR) is 55.4 cm³/mol. The van der Waals surface area contributed by atoms with Crippen molar-refractivity contribution in [2.45, 2.75) is 4.90 Å². The third kappa shape index (κ3) is 7.56. The predicted octanol–water partition coefficient (Wildman–Crippen LogP) is 0.934. The van der Waals surface area contributed by atoms with Crippen molar-refractivity contribution in [3.05, 3.63) is 29.3 Å². The normalized spacial score (nSPS) is 11.5. The van der Waals surface area contributed by atoms with Crippen molar-refractivity contribution in [3.8, 4) is 0 Å². The van der Waals surface area contributed by atoms with Gasteiger partial charge in [0.1, 0.15) is 4.90 Å². The Morgan fingerprint density at radius 2 is 1.31 bits per heavy atom. The SMILES string of the molecule is O=S(=O)(O)O.O=S(=O)(O)c1ccccc1Cl. The molecule has 0 saturated heterocycles. The molecule has 7 nitrogen and oxygen atoms in total. The molecule has 0 saturated carbocycles. The van der Waals surface area contributed by atoms with Gasteiger partial charge >= 0.3 is 10.4 Å². The van der Waals surface area contributed by atoms with Gasteiger partial charge in [0.05, 0.1) is 5.02 Å². The molecule has 0 aliphatic heterocycles. The molecular formula is C6H7ClO7S2. The van der Waals surface area contributed by atoms with Gasteiger partial charge in [0.25, 0.3) is 10.1 Å². The summed E-state index contributed by atoms with van der Waals surface area (Å²) in [7, 11) is -8.83. The maximum absolute atomic E-state index is 10.5. The average molecular weight is 291 g/mol. The molecule has 92 valence electrons. The number of halogens is 1. The lowest BCUT2D eigenvalue weighted by Gasteiger charge is -1.97. The molecule has 0 aliphatic carbocycles. The Hall–Kier alpha value is -0.710. The summed E-state index contributed by atoms with van der Waals surface area (Å²) in [5, 5.41) is 0.0231. The van der Waals surface area contributed by atoms with Gasteiger partial charge in [-0.15, -0.1) is 0 Å². The van der Waals surface area contributed by atoms with Gasteiger partial charge < -0.3 is 0 Å². The molecule has 0 amide bonds. The van der Waals surface area contributed by atoms with Crippen molar-refractivity contribution in [3.63, 3.8) is 0 Å². The van der Waals surface area contributed by atoms with Crippen LogP contribution >= 0.6 is 11.6 Å². The largest absolute Gasteiger partial charge is 0.394 e. The molecule has 10 heteroatoms. The summed E-state index contributed by atoms with van der Waals surface area (Å²) in [6, 6.07) is 5.69. The quantitative estimate of drug-likeness (QED) is 0.656. The standard InChI is InChI=1S/C6H5ClO3S.H2O4S/c7-5-3-1-2-4-6(5)11(8,9)10;1-5(2,3)4/h1-4H,(H,8,9,10);(H2,1,2,3,4). The van der Waals surface area contributed by atoms with Crippen LogP contribution in [-0.2, 0) is 20.5 Å². The number of hydrogen-bond donors (Lipinski definition) is 3. The highest BCUT2D eigenvalue weighted by Crippen LogP contribution is 2.19. The van der Waals surface area contributed by atoms with Crippen LogP contribution in [0.2, 0.25) is 5.02 Å². The van der Waals surface area contributed by atoms with Gasteiger partial charge in [-0.25, -0.2) is 0 Å². The Bertz CT molecular complexity index is 540. The van der Waals surface area contributed by atoms with E-state index in [-0.39, 0.29) is 9.92 Å². The van der Waals surface area contributed by atoms with Crippen molar-refractivity contribution in [1.82, 2.24) is 0 Å². The fraction of sp³-hybridized carbons (Fsp3) is 0. The fourth-order valence-electron chi connectivity index (χ4n) is 0.654. The molecule has 1 aromatic carbocycles. The van der Waals surface area contributed by atoms with E-state index in [4.69, 9.17) is 33.7 Å². The zero-order valence-electron chi connectivity index (χ0n) is 7.48. The molecule has 0 fully saturated rings. The molecule has 0 aromatic heterocycles. The summed E-state index contributed by atoms with van der Waals surface area (Å²) in [6.45, 7) is 0. The summed E-state index contributed by atoms with van der Waals surface area (Å²) < 4.78 is 61.2. The van der Waals surface area contributed by atoms with Crippen LogP contribution in [0.4, 0.5) is 0 Å². The molecule has 0 unspecified atom stereocenters. The Balaban J connectivity index is 0.000000385. The van der Waals surface area contributed by atoms with E-state index in [1.54, 1.807) is 6.07 Å². The fourth-order valence-corrected chi connectivity index (χ4v) is 1.65. The third-order valence-electron chi connectivity index (χ3n) is 1.11. The van der Waals surface area contributed by atoms with Crippen molar-refractivity contribution in [1.29, 1.82) is 0 Å². The van der Waals surface area contributed by atoms with Crippen LogP contribution in [0.15, 0.2) is 29.2 Å². The lowest BCUT2D eigenvalue weighted by Crippen LogP contribution is -1.97. The van der Waals surface area contributed by atoms with Crippen LogP contribution < -0.4 is 0 Å². The van der Waals surface area contributed by atoms with Gasteiger partial charge in [0.2, 0.25) is 0 Å². The smallest absolute Gasteiger partial charge is 0.282 e. The average Bonchev–Trinajstić information content (AvgIpc) is 1.99. The van der Waals surface area contributed by atoms with Gasteiger partial charge in [-0.1, -0.05) is 23.7 Å². The highest BCUT2D eigenvalue weighted by Gasteiger charge is 2.12. The lowest BCUT2D eigenvalue weighted by atomic mass is 10.4. The summed E-state index contributed by atoms with van der Waals surface area (Å²) in [4.78, 5) is -0.262. The van der Waals surface area contributed by atoms with Gasteiger partial charge in [-0.05, 0) is 12.1 Å².